The molecule has 4 rings (SSSR count). The van der Waals surface area contributed by atoms with Crippen molar-refractivity contribution in [2.45, 2.75) is 32.2 Å². The standard InChI is InChI=1S/C22H25N3O2/c1-16-8-3-6-11-20(16)27-13-7-12-25-19-10-5-4-9-18(19)23-22(25)17-14-21(26)24(2)15-17/h3-6,8-11,17H,7,12-15H2,1-2H3. The number of para-hydroxylation sites is 3. The second-order valence-corrected chi connectivity index (χ2v) is 7.25. The number of likely N-dealkylation sites (tertiary alicyclic amines) is 1. The summed E-state index contributed by atoms with van der Waals surface area (Å²) in [7, 11) is 1.87. The van der Waals surface area contributed by atoms with Gasteiger partial charge in [0.25, 0.3) is 0 Å². The summed E-state index contributed by atoms with van der Waals surface area (Å²) in [6.07, 6.45) is 1.43. The summed E-state index contributed by atoms with van der Waals surface area (Å²) in [6, 6.07) is 16.3. The quantitative estimate of drug-likeness (QED) is 0.627. The summed E-state index contributed by atoms with van der Waals surface area (Å²) in [4.78, 5) is 18.7. The SMILES string of the molecule is Cc1ccccc1OCCCn1c(C2CC(=O)N(C)C2)nc2ccccc21. The van der Waals surface area contributed by atoms with E-state index in [-0.39, 0.29) is 11.8 Å². The lowest BCUT2D eigenvalue weighted by molar-refractivity contribution is -0.126. The third-order valence-electron chi connectivity index (χ3n) is 5.27. The molecule has 1 amide bonds. The van der Waals surface area contributed by atoms with Gasteiger partial charge in [-0.05, 0) is 37.1 Å². The molecule has 0 aliphatic carbocycles. The first-order valence-electron chi connectivity index (χ1n) is 9.51. The van der Waals surface area contributed by atoms with Gasteiger partial charge in [-0.3, -0.25) is 4.79 Å². The van der Waals surface area contributed by atoms with E-state index in [2.05, 4.69) is 23.6 Å². The number of amides is 1. The fraction of sp³-hybridized carbons (Fsp3) is 0.364. The van der Waals surface area contributed by atoms with Gasteiger partial charge in [0.05, 0.1) is 17.6 Å². The van der Waals surface area contributed by atoms with Crippen molar-refractivity contribution >= 4 is 16.9 Å². The fourth-order valence-corrected chi connectivity index (χ4v) is 3.80. The van der Waals surface area contributed by atoms with Gasteiger partial charge >= 0.3 is 0 Å². The largest absolute Gasteiger partial charge is 0.493 e. The summed E-state index contributed by atoms with van der Waals surface area (Å²) >= 11 is 0. The third-order valence-corrected chi connectivity index (χ3v) is 5.27. The highest BCUT2D eigenvalue weighted by molar-refractivity contribution is 5.80. The van der Waals surface area contributed by atoms with E-state index < -0.39 is 0 Å². The molecular weight excluding hydrogens is 338 g/mol. The van der Waals surface area contributed by atoms with Crippen LogP contribution in [0.5, 0.6) is 5.75 Å². The number of ether oxygens (including phenoxy) is 1. The van der Waals surface area contributed by atoms with Gasteiger partial charge < -0.3 is 14.2 Å². The maximum atomic E-state index is 12.0. The van der Waals surface area contributed by atoms with Crippen molar-refractivity contribution in [3.63, 3.8) is 0 Å². The number of aromatic nitrogens is 2. The lowest BCUT2D eigenvalue weighted by atomic mass is 10.1. The van der Waals surface area contributed by atoms with Crippen molar-refractivity contribution in [2.75, 3.05) is 20.2 Å². The average Bonchev–Trinajstić information content (AvgIpc) is 3.20. The second kappa shape index (κ2) is 7.43. The molecule has 27 heavy (non-hydrogen) atoms. The Labute approximate surface area is 159 Å². The summed E-state index contributed by atoms with van der Waals surface area (Å²) in [5, 5.41) is 0. The van der Waals surface area contributed by atoms with Gasteiger partial charge in [-0.2, -0.15) is 0 Å². The molecule has 2 heterocycles. The minimum Gasteiger partial charge on any atom is -0.493 e. The lowest BCUT2D eigenvalue weighted by Crippen LogP contribution is -2.19. The van der Waals surface area contributed by atoms with Crippen molar-refractivity contribution in [3.8, 4) is 5.75 Å². The molecule has 1 aliphatic rings. The normalized spacial score (nSPS) is 17.0. The molecule has 1 unspecified atom stereocenters. The number of rotatable bonds is 6. The summed E-state index contributed by atoms with van der Waals surface area (Å²) < 4.78 is 8.22. The van der Waals surface area contributed by atoms with Crippen molar-refractivity contribution in [1.29, 1.82) is 0 Å². The van der Waals surface area contributed by atoms with E-state index in [4.69, 9.17) is 9.72 Å². The molecule has 2 aromatic carbocycles. The maximum Gasteiger partial charge on any atom is 0.223 e. The first-order chi connectivity index (χ1) is 13.1. The molecule has 1 saturated heterocycles. The van der Waals surface area contributed by atoms with Crippen LogP contribution in [0, 0.1) is 6.92 Å². The van der Waals surface area contributed by atoms with Crippen LogP contribution in [0.4, 0.5) is 0 Å². The fourth-order valence-electron chi connectivity index (χ4n) is 3.80. The van der Waals surface area contributed by atoms with Crippen LogP contribution in [0.2, 0.25) is 0 Å². The zero-order valence-corrected chi connectivity index (χ0v) is 15.9. The van der Waals surface area contributed by atoms with E-state index in [0.29, 0.717) is 13.0 Å². The molecule has 5 heteroatoms. The molecule has 1 fully saturated rings. The lowest BCUT2D eigenvalue weighted by Gasteiger charge is -2.14. The first-order valence-corrected chi connectivity index (χ1v) is 9.51. The monoisotopic (exact) mass is 363 g/mol. The van der Waals surface area contributed by atoms with Gasteiger partial charge in [-0.25, -0.2) is 4.98 Å². The summed E-state index contributed by atoms with van der Waals surface area (Å²) in [6.45, 7) is 4.28. The van der Waals surface area contributed by atoms with E-state index >= 15 is 0 Å². The molecule has 1 aliphatic heterocycles. The Hall–Kier alpha value is -2.82. The van der Waals surface area contributed by atoms with Crippen LogP contribution in [0.3, 0.4) is 0 Å². The zero-order valence-electron chi connectivity index (χ0n) is 15.9. The van der Waals surface area contributed by atoms with Crippen LogP contribution in [0.25, 0.3) is 11.0 Å². The Balaban J connectivity index is 1.51. The molecule has 0 spiro atoms. The van der Waals surface area contributed by atoms with Crippen LogP contribution >= 0.6 is 0 Å². The number of hydrogen-bond acceptors (Lipinski definition) is 3. The summed E-state index contributed by atoms with van der Waals surface area (Å²) in [5.74, 6) is 2.31. The highest BCUT2D eigenvalue weighted by Gasteiger charge is 2.31. The maximum absolute atomic E-state index is 12.0. The number of carbonyl (C=O) groups is 1. The molecule has 0 bridgehead atoms. The number of hydrogen-bond donors (Lipinski definition) is 0. The Morgan fingerprint density at radius 1 is 1.15 bits per heavy atom. The molecular formula is C22H25N3O2. The van der Waals surface area contributed by atoms with Gasteiger partial charge in [0, 0.05) is 32.5 Å². The third kappa shape index (κ3) is 3.54. The topological polar surface area (TPSA) is 47.4 Å². The van der Waals surface area contributed by atoms with Gasteiger partial charge in [0.2, 0.25) is 5.91 Å². The Bertz CT molecular complexity index is 963. The van der Waals surface area contributed by atoms with Gasteiger partial charge in [-0.15, -0.1) is 0 Å². The molecule has 0 N–H and O–H groups in total. The molecule has 1 atom stereocenters. The first kappa shape index (κ1) is 17.6. The van der Waals surface area contributed by atoms with Crippen LogP contribution in [0.1, 0.15) is 30.1 Å². The highest BCUT2D eigenvalue weighted by Crippen LogP contribution is 2.30. The smallest absolute Gasteiger partial charge is 0.223 e. The Kier molecular flexibility index (Phi) is 4.84. The molecule has 0 saturated carbocycles. The minimum absolute atomic E-state index is 0.159. The minimum atomic E-state index is 0.159. The van der Waals surface area contributed by atoms with Crippen molar-refractivity contribution in [3.05, 3.63) is 59.9 Å². The Morgan fingerprint density at radius 3 is 2.70 bits per heavy atom. The predicted octanol–water partition coefficient (Wildman–Crippen LogP) is 3.76. The average molecular weight is 363 g/mol. The van der Waals surface area contributed by atoms with E-state index in [0.717, 1.165) is 47.7 Å². The number of fused-ring (bicyclic) bond motifs is 1. The second-order valence-electron chi connectivity index (χ2n) is 7.25. The number of aryl methyl sites for hydroxylation is 2. The molecule has 0 radical (unpaired) electrons. The van der Waals surface area contributed by atoms with E-state index in [1.165, 1.54) is 0 Å². The number of carbonyl (C=O) groups excluding carboxylic acids is 1. The highest BCUT2D eigenvalue weighted by atomic mass is 16.5. The Morgan fingerprint density at radius 2 is 1.93 bits per heavy atom. The van der Waals surface area contributed by atoms with Gasteiger partial charge in [0.15, 0.2) is 0 Å². The number of nitrogens with zero attached hydrogens (tertiary/aromatic N) is 3. The van der Waals surface area contributed by atoms with Crippen molar-refractivity contribution in [2.24, 2.45) is 0 Å². The molecule has 1 aromatic heterocycles. The van der Waals surface area contributed by atoms with Crippen molar-refractivity contribution in [1.82, 2.24) is 14.5 Å². The number of likely N-dealkylation sites (N-methyl/N-ethyl adjacent to an activating group) is 1. The predicted molar refractivity (Wildman–Crippen MR) is 106 cm³/mol. The van der Waals surface area contributed by atoms with Crippen LogP contribution in [-0.2, 0) is 11.3 Å². The van der Waals surface area contributed by atoms with Crippen LogP contribution in [0.15, 0.2) is 48.5 Å². The zero-order chi connectivity index (χ0) is 18.8. The summed E-state index contributed by atoms with van der Waals surface area (Å²) in [5.41, 5.74) is 3.28. The van der Waals surface area contributed by atoms with Crippen LogP contribution < -0.4 is 4.74 Å². The van der Waals surface area contributed by atoms with Crippen LogP contribution in [-0.4, -0.2) is 40.6 Å². The number of imidazole rings is 1. The van der Waals surface area contributed by atoms with E-state index in [9.17, 15) is 4.79 Å². The van der Waals surface area contributed by atoms with Gasteiger partial charge in [-0.1, -0.05) is 30.3 Å². The molecule has 3 aromatic rings. The molecule has 5 nitrogen and oxygen atoms in total. The van der Waals surface area contributed by atoms with E-state index in [1.807, 2.05) is 43.4 Å². The van der Waals surface area contributed by atoms with E-state index in [1.54, 1.807) is 4.90 Å². The van der Waals surface area contributed by atoms with Crippen molar-refractivity contribution < 1.29 is 9.53 Å². The van der Waals surface area contributed by atoms with Gasteiger partial charge in [0.1, 0.15) is 11.6 Å². The molecule has 140 valence electrons. The number of benzene rings is 2.